The largest absolute Gasteiger partial charge is 0.388 e. The summed E-state index contributed by atoms with van der Waals surface area (Å²) >= 11 is 8.30. The van der Waals surface area contributed by atoms with E-state index in [2.05, 4.69) is 31.2 Å². The molecule has 1 aromatic heterocycles. The van der Waals surface area contributed by atoms with Gasteiger partial charge in [-0.1, -0.05) is 34.2 Å². The molecule has 2 rings (SSSR count). The number of nitrogens with one attached hydrogen (secondary N) is 1. The fraction of sp³-hybridized carbons (Fsp3) is 0.0833. The van der Waals surface area contributed by atoms with Crippen LogP contribution in [-0.2, 0) is 0 Å². The van der Waals surface area contributed by atoms with E-state index in [-0.39, 0.29) is 4.99 Å². The number of thiocarbonyl (C=S) groups is 1. The van der Waals surface area contributed by atoms with Crippen molar-refractivity contribution in [2.75, 3.05) is 5.32 Å². The summed E-state index contributed by atoms with van der Waals surface area (Å²) in [6.07, 6.45) is 3.15. The number of rotatable bonds is 3. The van der Waals surface area contributed by atoms with Gasteiger partial charge in [-0.15, -0.1) is 0 Å². The second kappa shape index (κ2) is 5.41. The average Bonchev–Trinajstić information content (AvgIpc) is 2.34. The molecule has 92 valence electrons. The Labute approximate surface area is 119 Å². The molecule has 0 amide bonds. The highest BCUT2D eigenvalue weighted by Crippen LogP contribution is 2.22. The Bertz CT molecular complexity index is 583. The second-order valence-electron chi connectivity index (χ2n) is 3.74. The zero-order valence-electron chi connectivity index (χ0n) is 9.64. The molecule has 6 heteroatoms. The van der Waals surface area contributed by atoms with E-state index < -0.39 is 0 Å². The van der Waals surface area contributed by atoms with Gasteiger partial charge in [-0.3, -0.25) is 0 Å². The Morgan fingerprint density at radius 1 is 1.33 bits per heavy atom. The first-order chi connectivity index (χ1) is 8.56. The maximum Gasteiger partial charge on any atom is 0.148 e. The van der Waals surface area contributed by atoms with E-state index in [0.29, 0.717) is 11.5 Å². The molecule has 2 aromatic rings. The Kier molecular flexibility index (Phi) is 3.88. The number of anilines is 2. The van der Waals surface area contributed by atoms with Crippen LogP contribution in [0.15, 0.2) is 35.1 Å². The van der Waals surface area contributed by atoms with Crippen LogP contribution in [0.2, 0.25) is 0 Å². The lowest BCUT2D eigenvalue weighted by Gasteiger charge is -2.07. The molecule has 0 saturated heterocycles. The minimum Gasteiger partial charge on any atom is -0.388 e. The lowest BCUT2D eigenvalue weighted by molar-refractivity contribution is 1.18. The van der Waals surface area contributed by atoms with Crippen LogP contribution in [0.3, 0.4) is 0 Å². The van der Waals surface area contributed by atoms with Crippen molar-refractivity contribution in [3.63, 3.8) is 0 Å². The SMILES string of the molecule is Cc1ccc(Nc2cnc(C(N)=S)cn2)cc1Br. The number of aromatic nitrogens is 2. The lowest BCUT2D eigenvalue weighted by Crippen LogP contribution is -2.12. The van der Waals surface area contributed by atoms with Crippen molar-refractivity contribution < 1.29 is 0 Å². The van der Waals surface area contributed by atoms with Crippen molar-refractivity contribution in [3.05, 3.63) is 46.3 Å². The fourth-order valence-corrected chi connectivity index (χ4v) is 1.82. The van der Waals surface area contributed by atoms with E-state index in [0.717, 1.165) is 10.2 Å². The maximum atomic E-state index is 5.46. The third-order valence-electron chi connectivity index (χ3n) is 2.35. The summed E-state index contributed by atoms with van der Waals surface area (Å²) in [5.74, 6) is 0.644. The zero-order chi connectivity index (χ0) is 13.1. The maximum absolute atomic E-state index is 5.46. The van der Waals surface area contributed by atoms with Crippen molar-refractivity contribution in [2.24, 2.45) is 5.73 Å². The fourth-order valence-electron chi connectivity index (χ4n) is 1.34. The first kappa shape index (κ1) is 12.9. The molecule has 0 aliphatic carbocycles. The van der Waals surface area contributed by atoms with Crippen molar-refractivity contribution >= 4 is 44.6 Å². The molecule has 3 N–H and O–H groups in total. The molecule has 4 nitrogen and oxygen atoms in total. The van der Waals surface area contributed by atoms with E-state index in [9.17, 15) is 0 Å². The van der Waals surface area contributed by atoms with Crippen LogP contribution in [-0.4, -0.2) is 15.0 Å². The van der Waals surface area contributed by atoms with Crippen LogP contribution in [0.1, 0.15) is 11.3 Å². The summed E-state index contributed by atoms with van der Waals surface area (Å²) in [4.78, 5) is 8.55. The molecule has 0 aliphatic rings. The monoisotopic (exact) mass is 322 g/mol. The molecule has 0 saturated carbocycles. The molecule has 1 heterocycles. The first-order valence-corrected chi connectivity index (χ1v) is 6.41. The van der Waals surface area contributed by atoms with Gasteiger partial charge in [-0.05, 0) is 24.6 Å². The summed E-state index contributed by atoms with van der Waals surface area (Å²) in [6, 6.07) is 5.98. The van der Waals surface area contributed by atoms with Gasteiger partial charge < -0.3 is 11.1 Å². The highest BCUT2D eigenvalue weighted by Gasteiger charge is 2.01. The van der Waals surface area contributed by atoms with Crippen molar-refractivity contribution in [1.82, 2.24) is 9.97 Å². The molecule has 0 bridgehead atoms. The summed E-state index contributed by atoms with van der Waals surface area (Å²) in [6.45, 7) is 2.03. The molecular weight excluding hydrogens is 312 g/mol. The molecule has 0 aliphatic heterocycles. The van der Waals surface area contributed by atoms with E-state index in [4.69, 9.17) is 18.0 Å². The van der Waals surface area contributed by atoms with Gasteiger partial charge in [0, 0.05) is 10.2 Å². The van der Waals surface area contributed by atoms with Gasteiger partial charge in [0.1, 0.15) is 16.5 Å². The normalized spacial score (nSPS) is 10.1. The third kappa shape index (κ3) is 3.02. The van der Waals surface area contributed by atoms with E-state index in [1.807, 2.05) is 25.1 Å². The van der Waals surface area contributed by atoms with Gasteiger partial charge in [0.25, 0.3) is 0 Å². The topological polar surface area (TPSA) is 63.8 Å². The molecule has 0 radical (unpaired) electrons. The van der Waals surface area contributed by atoms with Crippen LogP contribution < -0.4 is 11.1 Å². The van der Waals surface area contributed by atoms with Crippen LogP contribution in [0.4, 0.5) is 11.5 Å². The number of nitrogens with zero attached hydrogens (tertiary/aromatic N) is 2. The summed E-state index contributed by atoms with van der Waals surface area (Å²) in [7, 11) is 0. The number of hydrogen-bond donors (Lipinski definition) is 2. The van der Waals surface area contributed by atoms with Crippen molar-refractivity contribution in [1.29, 1.82) is 0 Å². The number of nitrogens with two attached hydrogens (primary N) is 1. The van der Waals surface area contributed by atoms with Gasteiger partial charge in [-0.2, -0.15) is 0 Å². The van der Waals surface area contributed by atoms with Crippen molar-refractivity contribution in [2.45, 2.75) is 6.92 Å². The van der Waals surface area contributed by atoms with E-state index in [1.165, 1.54) is 5.56 Å². The Hall–Kier alpha value is -1.53. The van der Waals surface area contributed by atoms with Gasteiger partial charge >= 0.3 is 0 Å². The van der Waals surface area contributed by atoms with Gasteiger partial charge in [0.05, 0.1) is 12.4 Å². The number of hydrogen-bond acceptors (Lipinski definition) is 4. The van der Waals surface area contributed by atoms with Crippen molar-refractivity contribution in [3.8, 4) is 0 Å². The Morgan fingerprint density at radius 2 is 2.11 bits per heavy atom. The van der Waals surface area contributed by atoms with Crippen LogP contribution in [0, 0.1) is 6.92 Å². The minimum absolute atomic E-state index is 0.243. The number of benzene rings is 1. The molecule has 0 fully saturated rings. The smallest absolute Gasteiger partial charge is 0.148 e. The van der Waals surface area contributed by atoms with Gasteiger partial charge in [0.15, 0.2) is 0 Å². The Balaban J connectivity index is 2.18. The Morgan fingerprint density at radius 3 is 2.67 bits per heavy atom. The van der Waals surface area contributed by atoms with Crippen LogP contribution in [0.25, 0.3) is 0 Å². The highest BCUT2D eigenvalue weighted by molar-refractivity contribution is 9.10. The summed E-state index contributed by atoms with van der Waals surface area (Å²) in [5, 5.41) is 3.15. The van der Waals surface area contributed by atoms with Gasteiger partial charge in [-0.25, -0.2) is 9.97 Å². The molecule has 18 heavy (non-hydrogen) atoms. The van der Waals surface area contributed by atoms with Crippen LogP contribution in [0.5, 0.6) is 0 Å². The van der Waals surface area contributed by atoms with E-state index in [1.54, 1.807) is 12.4 Å². The molecular formula is C12H11BrN4S. The third-order valence-corrected chi connectivity index (χ3v) is 3.41. The summed E-state index contributed by atoms with van der Waals surface area (Å²) in [5.41, 5.74) is 8.08. The second-order valence-corrected chi connectivity index (χ2v) is 5.03. The standard InChI is InChI=1S/C12H11BrN4S/c1-7-2-3-8(4-9(7)13)17-11-6-15-10(5-16-11)12(14)18/h2-6H,1H3,(H2,14,18)(H,16,17). The molecule has 0 atom stereocenters. The van der Waals surface area contributed by atoms with Crippen LogP contribution >= 0.6 is 28.1 Å². The minimum atomic E-state index is 0.243. The summed E-state index contributed by atoms with van der Waals surface area (Å²) < 4.78 is 1.04. The predicted molar refractivity (Wildman–Crippen MR) is 80.1 cm³/mol. The average molecular weight is 323 g/mol. The number of aryl methyl sites for hydroxylation is 1. The molecule has 1 aromatic carbocycles. The molecule has 0 spiro atoms. The first-order valence-electron chi connectivity index (χ1n) is 5.21. The lowest BCUT2D eigenvalue weighted by atomic mass is 10.2. The molecule has 0 unspecified atom stereocenters. The van der Waals surface area contributed by atoms with E-state index >= 15 is 0 Å². The number of halogens is 1. The zero-order valence-corrected chi connectivity index (χ0v) is 12.0. The predicted octanol–water partition coefficient (Wildman–Crippen LogP) is 2.93. The van der Waals surface area contributed by atoms with Gasteiger partial charge in [0.2, 0.25) is 0 Å². The highest BCUT2D eigenvalue weighted by atomic mass is 79.9. The quantitative estimate of drug-likeness (QED) is 0.851.